The summed E-state index contributed by atoms with van der Waals surface area (Å²) in [5.41, 5.74) is 6.86. The number of anilines is 1. The van der Waals surface area contributed by atoms with Crippen LogP contribution < -0.4 is 5.73 Å². The Hall–Kier alpha value is -2.23. The van der Waals surface area contributed by atoms with Gasteiger partial charge in [0.05, 0.1) is 30.8 Å². The number of aromatic nitrogens is 3. The molecular weight excluding hydrogens is 302 g/mol. The molecule has 1 unspecified atom stereocenters. The second-order valence-corrected chi connectivity index (χ2v) is 5.54. The van der Waals surface area contributed by atoms with Crippen molar-refractivity contribution in [3.05, 3.63) is 18.1 Å². The first kappa shape index (κ1) is 15.7. The molecule has 2 aromatic rings. The number of nitrogens with zero attached hydrogens (tertiary/aromatic N) is 3. The lowest BCUT2D eigenvalue weighted by Gasteiger charge is -2.18. The summed E-state index contributed by atoms with van der Waals surface area (Å²) >= 11 is 0. The van der Waals surface area contributed by atoms with Crippen molar-refractivity contribution in [1.29, 1.82) is 5.41 Å². The molecule has 9 nitrogen and oxygen atoms in total. The van der Waals surface area contributed by atoms with Crippen LogP contribution in [0.4, 0.5) is 5.82 Å². The van der Waals surface area contributed by atoms with Gasteiger partial charge in [0.25, 0.3) is 0 Å². The van der Waals surface area contributed by atoms with Crippen molar-refractivity contribution in [1.82, 2.24) is 14.5 Å². The predicted molar refractivity (Wildman–Crippen MR) is 81.9 cm³/mol. The summed E-state index contributed by atoms with van der Waals surface area (Å²) in [5.74, 6) is -0.112. The van der Waals surface area contributed by atoms with Crippen LogP contribution in [0.1, 0.15) is 18.7 Å². The Labute approximate surface area is 132 Å². The molecule has 3 rings (SSSR count). The number of nitrogen functional groups attached to an aromatic ring is 1. The number of nitrogens with two attached hydrogens (primary N) is 1. The summed E-state index contributed by atoms with van der Waals surface area (Å²) in [4.78, 5) is 8.19. The zero-order chi connectivity index (χ0) is 16.7. The second-order valence-electron chi connectivity index (χ2n) is 5.54. The van der Waals surface area contributed by atoms with E-state index in [0.717, 1.165) is 0 Å². The molecule has 0 aliphatic carbocycles. The van der Waals surface area contributed by atoms with Gasteiger partial charge in [-0.05, 0) is 0 Å². The minimum absolute atomic E-state index is 0.0693. The summed E-state index contributed by atoms with van der Waals surface area (Å²) in [6.45, 7) is 1.54. The molecule has 23 heavy (non-hydrogen) atoms. The number of rotatable bonds is 3. The van der Waals surface area contributed by atoms with Crippen LogP contribution in [-0.2, 0) is 9.47 Å². The van der Waals surface area contributed by atoms with Crippen LogP contribution in [0.5, 0.6) is 0 Å². The van der Waals surface area contributed by atoms with Gasteiger partial charge in [-0.3, -0.25) is 5.41 Å². The first-order valence-electron chi connectivity index (χ1n) is 7.17. The molecule has 124 valence electrons. The van der Waals surface area contributed by atoms with Crippen LogP contribution >= 0.6 is 0 Å². The average Bonchev–Trinajstić information content (AvgIpc) is 3.07. The number of ether oxygens (including phenoxy) is 2. The highest BCUT2D eigenvalue weighted by Gasteiger charge is 2.42. The standard InChI is InChI=1S/C14H19N5O4/c1-6-10(21)8(4-20)23-14(6)19-3-7(12(16)22-2)9-11(15)17-5-18-13(9)19/h3,5-6,8,10,14,16,20-21H,4H2,1-2H3,(H2,15,17,18)/t6-,8?,10-,14-/m0/s1. The Balaban J connectivity index is 2.16. The molecular formula is C14H19N5O4. The molecule has 3 heterocycles. The zero-order valence-corrected chi connectivity index (χ0v) is 12.8. The molecule has 1 aliphatic rings. The minimum atomic E-state index is -0.799. The number of nitrogens with one attached hydrogen (secondary N) is 1. The fourth-order valence-corrected chi connectivity index (χ4v) is 2.95. The smallest absolute Gasteiger partial charge is 0.215 e. The predicted octanol–water partition coefficient (Wildman–Crippen LogP) is -0.128. The minimum Gasteiger partial charge on any atom is -0.481 e. The molecule has 0 aromatic carbocycles. The van der Waals surface area contributed by atoms with Crippen molar-refractivity contribution in [3.63, 3.8) is 0 Å². The van der Waals surface area contributed by atoms with Crippen LogP contribution in [0.15, 0.2) is 12.5 Å². The normalized spacial score (nSPS) is 27.5. The summed E-state index contributed by atoms with van der Waals surface area (Å²) in [6, 6.07) is 0. The van der Waals surface area contributed by atoms with Crippen LogP contribution in [0.3, 0.4) is 0 Å². The number of fused-ring (bicyclic) bond motifs is 1. The lowest BCUT2D eigenvalue weighted by molar-refractivity contribution is -0.0445. The fourth-order valence-electron chi connectivity index (χ4n) is 2.95. The van der Waals surface area contributed by atoms with Gasteiger partial charge in [-0.25, -0.2) is 9.97 Å². The molecule has 4 atom stereocenters. The largest absolute Gasteiger partial charge is 0.481 e. The van der Waals surface area contributed by atoms with Crippen molar-refractivity contribution in [2.75, 3.05) is 19.5 Å². The van der Waals surface area contributed by atoms with Gasteiger partial charge in [0.2, 0.25) is 5.90 Å². The monoisotopic (exact) mass is 321 g/mol. The maximum atomic E-state index is 10.2. The molecule has 1 saturated heterocycles. The highest BCUT2D eigenvalue weighted by Crippen LogP contribution is 2.38. The summed E-state index contributed by atoms with van der Waals surface area (Å²) < 4.78 is 12.4. The van der Waals surface area contributed by atoms with E-state index in [-0.39, 0.29) is 24.2 Å². The van der Waals surface area contributed by atoms with Crippen LogP contribution in [-0.4, -0.2) is 56.6 Å². The fraction of sp³-hybridized carbons (Fsp3) is 0.500. The molecule has 1 aliphatic heterocycles. The summed E-state index contributed by atoms with van der Waals surface area (Å²) in [5, 5.41) is 27.9. The van der Waals surface area contributed by atoms with Crippen LogP contribution in [0, 0.1) is 11.3 Å². The van der Waals surface area contributed by atoms with Crippen molar-refractivity contribution in [2.24, 2.45) is 5.92 Å². The first-order valence-corrected chi connectivity index (χ1v) is 7.17. The molecule has 0 spiro atoms. The average molecular weight is 321 g/mol. The topological polar surface area (TPSA) is 140 Å². The van der Waals surface area contributed by atoms with Crippen molar-refractivity contribution in [2.45, 2.75) is 25.4 Å². The van der Waals surface area contributed by atoms with E-state index in [4.69, 9.17) is 20.6 Å². The lowest BCUT2D eigenvalue weighted by atomic mass is 10.0. The van der Waals surface area contributed by atoms with E-state index < -0.39 is 18.4 Å². The molecule has 9 heteroatoms. The Kier molecular flexibility index (Phi) is 3.92. The van der Waals surface area contributed by atoms with Gasteiger partial charge < -0.3 is 30.0 Å². The van der Waals surface area contributed by atoms with Crippen LogP contribution in [0.25, 0.3) is 11.0 Å². The highest BCUT2D eigenvalue weighted by atomic mass is 16.5. The molecule has 1 fully saturated rings. The number of hydrogen-bond donors (Lipinski definition) is 4. The lowest BCUT2D eigenvalue weighted by Crippen LogP contribution is -2.28. The van der Waals surface area contributed by atoms with Gasteiger partial charge in [-0.1, -0.05) is 6.92 Å². The third kappa shape index (κ3) is 2.33. The van der Waals surface area contributed by atoms with Gasteiger partial charge in [-0.2, -0.15) is 0 Å². The molecule has 0 radical (unpaired) electrons. The van der Waals surface area contributed by atoms with Gasteiger partial charge in [-0.15, -0.1) is 0 Å². The Morgan fingerprint density at radius 1 is 1.52 bits per heavy atom. The maximum Gasteiger partial charge on any atom is 0.215 e. The maximum absolute atomic E-state index is 10.2. The van der Waals surface area contributed by atoms with E-state index >= 15 is 0 Å². The molecule has 2 aromatic heterocycles. The summed E-state index contributed by atoms with van der Waals surface area (Å²) in [6.07, 6.45) is 0.963. The Bertz CT molecular complexity index is 746. The van der Waals surface area contributed by atoms with E-state index in [1.807, 2.05) is 6.92 Å². The van der Waals surface area contributed by atoms with E-state index in [9.17, 15) is 10.2 Å². The van der Waals surface area contributed by atoms with Gasteiger partial charge in [0.1, 0.15) is 30.1 Å². The third-order valence-electron chi connectivity index (χ3n) is 4.23. The number of aliphatic hydroxyl groups excluding tert-OH is 2. The van der Waals surface area contributed by atoms with Gasteiger partial charge in [0, 0.05) is 12.1 Å². The molecule has 0 saturated carbocycles. The SMILES string of the molecule is COC(=N)c1cn([C@H]2OC(CO)[C@@H](O)[C@@H]2C)c2ncnc(N)c12. The molecule has 0 bridgehead atoms. The van der Waals surface area contributed by atoms with Crippen molar-refractivity contribution in [3.8, 4) is 0 Å². The van der Waals surface area contributed by atoms with Crippen molar-refractivity contribution >= 4 is 22.7 Å². The molecule has 0 amide bonds. The number of aliphatic hydroxyl groups is 2. The molecule has 5 N–H and O–H groups in total. The quantitative estimate of drug-likeness (QED) is 0.456. The van der Waals surface area contributed by atoms with E-state index in [1.54, 1.807) is 10.8 Å². The zero-order valence-electron chi connectivity index (χ0n) is 12.8. The van der Waals surface area contributed by atoms with Crippen molar-refractivity contribution < 1.29 is 19.7 Å². The van der Waals surface area contributed by atoms with Gasteiger partial charge in [0.15, 0.2) is 0 Å². The van der Waals surface area contributed by atoms with E-state index in [0.29, 0.717) is 16.6 Å². The van der Waals surface area contributed by atoms with Gasteiger partial charge >= 0.3 is 0 Å². The number of hydrogen-bond acceptors (Lipinski definition) is 8. The summed E-state index contributed by atoms with van der Waals surface area (Å²) in [7, 11) is 1.39. The highest BCUT2D eigenvalue weighted by molar-refractivity contribution is 6.08. The first-order chi connectivity index (χ1) is 11.0. The van der Waals surface area contributed by atoms with E-state index in [2.05, 4.69) is 9.97 Å². The van der Waals surface area contributed by atoms with E-state index in [1.165, 1.54) is 13.4 Å². The third-order valence-corrected chi connectivity index (χ3v) is 4.23. The number of methoxy groups -OCH3 is 1. The van der Waals surface area contributed by atoms with Crippen LogP contribution in [0.2, 0.25) is 0 Å². The second kappa shape index (κ2) is 5.76. The Morgan fingerprint density at radius 3 is 2.87 bits per heavy atom. The Morgan fingerprint density at radius 2 is 2.26 bits per heavy atom.